The van der Waals surface area contributed by atoms with E-state index in [0.29, 0.717) is 22.1 Å². The van der Waals surface area contributed by atoms with Crippen molar-refractivity contribution in [2.45, 2.75) is 19.4 Å². The average molecular weight is 459 g/mol. The van der Waals surface area contributed by atoms with Crippen molar-refractivity contribution in [3.05, 3.63) is 102 Å². The topological polar surface area (TPSA) is 67.4 Å². The zero-order chi connectivity index (χ0) is 23.2. The predicted octanol–water partition coefficient (Wildman–Crippen LogP) is 6.08. The first-order chi connectivity index (χ1) is 16.0. The van der Waals surface area contributed by atoms with Crippen LogP contribution in [0.5, 0.6) is 5.75 Å². The lowest BCUT2D eigenvalue weighted by Gasteiger charge is -2.16. The summed E-state index contributed by atoms with van der Waals surface area (Å²) in [5, 5.41) is 8.33. The highest BCUT2D eigenvalue weighted by atomic mass is 35.5. The van der Waals surface area contributed by atoms with Crippen LogP contribution in [0.4, 0.5) is 11.4 Å². The molecule has 0 radical (unpaired) electrons. The van der Waals surface area contributed by atoms with Crippen molar-refractivity contribution in [3.63, 3.8) is 0 Å². The highest BCUT2D eigenvalue weighted by Crippen LogP contribution is 2.25. The van der Waals surface area contributed by atoms with Crippen molar-refractivity contribution in [2.24, 2.45) is 0 Å². The summed E-state index contributed by atoms with van der Waals surface area (Å²) in [6, 6.07) is 27.9. The van der Waals surface area contributed by atoms with Crippen LogP contribution in [-0.2, 0) is 16.0 Å². The minimum Gasteiger partial charge on any atom is -0.479 e. The standard InChI is InChI=1S/C27H23ClN2O3/c1-18(33-25-12-5-4-11-24(25)28)27(32)30-22-15-13-21(14-16-22)29-26(31)17-20-9-6-8-19-7-2-3-10-23(19)20/h2-16,18H,17H2,1H3,(H,29,31)(H,30,32). The van der Waals surface area contributed by atoms with Crippen LogP contribution >= 0.6 is 11.6 Å². The Bertz CT molecular complexity index is 1280. The molecule has 4 aromatic rings. The van der Waals surface area contributed by atoms with E-state index < -0.39 is 6.10 Å². The van der Waals surface area contributed by atoms with Gasteiger partial charge in [-0.1, -0.05) is 66.2 Å². The zero-order valence-corrected chi connectivity index (χ0v) is 18.8. The second-order valence-corrected chi connectivity index (χ2v) is 8.03. The van der Waals surface area contributed by atoms with Gasteiger partial charge in [0.2, 0.25) is 5.91 Å². The van der Waals surface area contributed by atoms with Gasteiger partial charge in [0.1, 0.15) is 5.75 Å². The number of benzene rings is 4. The Labute approximate surface area is 197 Å². The first kappa shape index (κ1) is 22.4. The number of anilines is 2. The number of halogens is 1. The van der Waals surface area contributed by atoms with E-state index in [4.69, 9.17) is 16.3 Å². The fourth-order valence-corrected chi connectivity index (χ4v) is 3.67. The van der Waals surface area contributed by atoms with E-state index in [9.17, 15) is 9.59 Å². The fraction of sp³-hybridized carbons (Fsp3) is 0.111. The summed E-state index contributed by atoms with van der Waals surface area (Å²) in [4.78, 5) is 25.0. The van der Waals surface area contributed by atoms with Gasteiger partial charge >= 0.3 is 0 Å². The fourth-order valence-electron chi connectivity index (χ4n) is 3.49. The minimum absolute atomic E-state index is 0.107. The molecule has 1 atom stereocenters. The highest BCUT2D eigenvalue weighted by molar-refractivity contribution is 6.32. The van der Waals surface area contributed by atoms with Crippen LogP contribution < -0.4 is 15.4 Å². The summed E-state index contributed by atoms with van der Waals surface area (Å²) in [5.74, 6) is 0.0404. The first-order valence-electron chi connectivity index (χ1n) is 10.6. The van der Waals surface area contributed by atoms with Crippen LogP contribution in [0.3, 0.4) is 0 Å². The van der Waals surface area contributed by atoms with E-state index in [1.165, 1.54) is 0 Å². The number of amides is 2. The lowest BCUT2D eigenvalue weighted by Crippen LogP contribution is -2.30. The van der Waals surface area contributed by atoms with Crippen molar-refractivity contribution in [1.29, 1.82) is 0 Å². The molecule has 0 fully saturated rings. The van der Waals surface area contributed by atoms with Crippen LogP contribution in [0.1, 0.15) is 12.5 Å². The van der Waals surface area contributed by atoms with Gasteiger partial charge in [-0.15, -0.1) is 0 Å². The quantitative estimate of drug-likeness (QED) is 0.352. The lowest BCUT2D eigenvalue weighted by atomic mass is 10.0. The predicted molar refractivity (Wildman–Crippen MR) is 133 cm³/mol. The number of hydrogen-bond donors (Lipinski definition) is 2. The van der Waals surface area contributed by atoms with Gasteiger partial charge in [-0.25, -0.2) is 0 Å². The second-order valence-electron chi connectivity index (χ2n) is 7.62. The molecule has 0 saturated carbocycles. The molecule has 5 nitrogen and oxygen atoms in total. The van der Waals surface area contributed by atoms with Gasteiger partial charge < -0.3 is 15.4 Å². The number of nitrogens with one attached hydrogen (secondary N) is 2. The Balaban J connectivity index is 1.33. The molecule has 2 amide bonds. The molecule has 1 unspecified atom stereocenters. The molecule has 33 heavy (non-hydrogen) atoms. The Kier molecular flexibility index (Phi) is 6.91. The molecular weight excluding hydrogens is 436 g/mol. The van der Waals surface area contributed by atoms with Crippen LogP contribution in [0.25, 0.3) is 10.8 Å². The SMILES string of the molecule is CC(Oc1ccccc1Cl)C(=O)Nc1ccc(NC(=O)Cc2cccc3ccccc23)cc1. The highest BCUT2D eigenvalue weighted by Gasteiger charge is 2.16. The van der Waals surface area contributed by atoms with Crippen LogP contribution in [0.2, 0.25) is 5.02 Å². The summed E-state index contributed by atoms with van der Waals surface area (Å²) >= 11 is 6.08. The maximum absolute atomic E-state index is 12.6. The van der Waals surface area contributed by atoms with E-state index in [1.807, 2.05) is 42.5 Å². The molecule has 0 heterocycles. The first-order valence-corrected chi connectivity index (χ1v) is 11.0. The van der Waals surface area contributed by atoms with E-state index in [1.54, 1.807) is 55.5 Å². The number of para-hydroxylation sites is 1. The van der Waals surface area contributed by atoms with Crippen molar-refractivity contribution in [1.82, 2.24) is 0 Å². The molecule has 0 saturated heterocycles. The number of carbonyl (C=O) groups is 2. The average Bonchev–Trinajstić information content (AvgIpc) is 2.82. The van der Waals surface area contributed by atoms with Gasteiger partial charge in [-0.05, 0) is 59.7 Å². The molecule has 0 aliphatic rings. The smallest absolute Gasteiger partial charge is 0.265 e. The van der Waals surface area contributed by atoms with Crippen LogP contribution in [0, 0.1) is 0 Å². The largest absolute Gasteiger partial charge is 0.479 e. The lowest BCUT2D eigenvalue weighted by molar-refractivity contribution is -0.122. The van der Waals surface area contributed by atoms with E-state index >= 15 is 0 Å². The van der Waals surface area contributed by atoms with Gasteiger partial charge in [0.05, 0.1) is 11.4 Å². The molecule has 166 valence electrons. The normalized spacial score (nSPS) is 11.6. The molecule has 0 bridgehead atoms. The maximum Gasteiger partial charge on any atom is 0.265 e. The van der Waals surface area contributed by atoms with Crippen molar-refractivity contribution < 1.29 is 14.3 Å². The summed E-state index contributed by atoms with van der Waals surface area (Å²) < 4.78 is 5.64. The molecule has 2 N–H and O–H groups in total. The molecule has 0 aliphatic carbocycles. The summed E-state index contributed by atoms with van der Waals surface area (Å²) in [5.41, 5.74) is 2.22. The molecule has 0 aromatic heterocycles. The number of ether oxygens (including phenoxy) is 1. The van der Waals surface area contributed by atoms with Crippen molar-refractivity contribution >= 4 is 45.6 Å². The van der Waals surface area contributed by atoms with Gasteiger partial charge in [0, 0.05) is 11.4 Å². The van der Waals surface area contributed by atoms with Crippen molar-refractivity contribution in [3.8, 4) is 5.75 Å². The molecule has 6 heteroatoms. The Morgan fingerprint density at radius 1 is 0.818 bits per heavy atom. The third kappa shape index (κ3) is 5.70. The number of fused-ring (bicyclic) bond motifs is 1. The molecule has 4 rings (SSSR count). The molecule has 0 aliphatic heterocycles. The van der Waals surface area contributed by atoms with Gasteiger partial charge in [-0.2, -0.15) is 0 Å². The van der Waals surface area contributed by atoms with Gasteiger partial charge in [-0.3, -0.25) is 9.59 Å². The zero-order valence-electron chi connectivity index (χ0n) is 18.0. The van der Waals surface area contributed by atoms with E-state index in [2.05, 4.69) is 10.6 Å². The van der Waals surface area contributed by atoms with Gasteiger partial charge in [0.15, 0.2) is 6.10 Å². The second kappa shape index (κ2) is 10.2. The number of hydrogen-bond acceptors (Lipinski definition) is 3. The molecule has 4 aromatic carbocycles. The number of carbonyl (C=O) groups excluding carboxylic acids is 2. The minimum atomic E-state index is -0.732. The van der Waals surface area contributed by atoms with Gasteiger partial charge in [0.25, 0.3) is 5.91 Å². The van der Waals surface area contributed by atoms with Crippen LogP contribution in [-0.4, -0.2) is 17.9 Å². The number of rotatable bonds is 7. The van der Waals surface area contributed by atoms with E-state index in [0.717, 1.165) is 16.3 Å². The van der Waals surface area contributed by atoms with Crippen molar-refractivity contribution in [2.75, 3.05) is 10.6 Å². The monoisotopic (exact) mass is 458 g/mol. The Morgan fingerprint density at radius 2 is 1.45 bits per heavy atom. The maximum atomic E-state index is 12.6. The molecular formula is C27H23ClN2O3. The summed E-state index contributed by atoms with van der Waals surface area (Å²) in [7, 11) is 0. The van der Waals surface area contributed by atoms with E-state index in [-0.39, 0.29) is 18.2 Å². The molecule has 0 spiro atoms. The Morgan fingerprint density at radius 3 is 2.21 bits per heavy atom. The third-order valence-corrected chi connectivity index (χ3v) is 5.49. The summed E-state index contributed by atoms with van der Waals surface area (Å²) in [6.07, 6.45) is -0.457. The third-order valence-electron chi connectivity index (χ3n) is 5.18. The van der Waals surface area contributed by atoms with Crippen LogP contribution in [0.15, 0.2) is 91.0 Å². The Hall–Kier alpha value is -3.83. The summed E-state index contributed by atoms with van der Waals surface area (Å²) in [6.45, 7) is 1.65.